The molecule has 1 heterocycles. The van der Waals surface area contributed by atoms with Gasteiger partial charge in [0.05, 0.1) is 18.1 Å². The molecule has 1 amide bonds. The molecule has 1 aromatic rings. The maximum absolute atomic E-state index is 13.8. The van der Waals surface area contributed by atoms with Gasteiger partial charge in [-0.1, -0.05) is 11.6 Å². The fraction of sp³-hybridized carbons (Fsp3) is 0.467. The average Bonchev–Trinajstić information content (AvgIpc) is 2.47. The van der Waals surface area contributed by atoms with E-state index >= 15 is 0 Å². The lowest BCUT2D eigenvalue weighted by Gasteiger charge is -2.37. The van der Waals surface area contributed by atoms with Gasteiger partial charge in [0.15, 0.2) is 0 Å². The first-order chi connectivity index (χ1) is 10.0. The molecule has 0 N–H and O–H groups in total. The van der Waals surface area contributed by atoms with Crippen LogP contribution in [0.15, 0.2) is 18.2 Å². The fourth-order valence-electron chi connectivity index (χ4n) is 2.46. The molecule has 112 valence electrons. The van der Waals surface area contributed by atoms with Crippen LogP contribution < -0.4 is 0 Å². The van der Waals surface area contributed by atoms with Crippen molar-refractivity contribution in [3.8, 4) is 6.07 Å². The van der Waals surface area contributed by atoms with E-state index in [1.807, 2.05) is 6.92 Å². The summed E-state index contributed by atoms with van der Waals surface area (Å²) in [5, 5.41) is 8.99. The number of piperazine rings is 1. The number of halogens is 2. The van der Waals surface area contributed by atoms with Crippen molar-refractivity contribution in [2.24, 2.45) is 0 Å². The summed E-state index contributed by atoms with van der Waals surface area (Å²) in [6.45, 7) is 4.47. The summed E-state index contributed by atoms with van der Waals surface area (Å²) in [6, 6.07) is 6.42. The molecule has 1 unspecified atom stereocenters. The maximum atomic E-state index is 13.8. The molecular formula is C15H17ClFN3O. The van der Waals surface area contributed by atoms with Crippen molar-refractivity contribution < 1.29 is 9.18 Å². The van der Waals surface area contributed by atoms with Crippen LogP contribution in [0.2, 0.25) is 5.02 Å². The van der Waals surface area contributed by atoms with Gasteiger partial charge in [0.2, 0.25) is 0 Å². The first-order valence-corrected chi connectivity index (χ1v) is 7.26. The van der Waals surface area contributed by atoms with E-state index in [9.17, 15) is 9.18 Å². The minimum Gasteiger partial charge on any atom is -0.336 e. The first-order valence-electron chi connectivity index (χ1n) is 6.88. The van der Waals surface area contributed by atoms with Gasteiger partial charge < -0.3 is 4.90 Å². The SMILES string of the molecule is CC(CC#N)N1CCN(C(=O)c2ccc(Cl)cc2F)CC1. The van der Waals surface area contributed by atoms with E-state index in [2.05, 4.69) is 11.0 Å². The molecule has 1 fully saturated rings. The molecular weight excluding hydrogens is 293 g/mol. The number of carbonyl (C=O) groups excluding carboxylic acids is 1. The normalized spacial score (nSPS) is 17.3. The zero-order valence-electron chi connectivity index (χ0n) is 11.9. The van der Waals surface area contributed by atoms with Crippen LogP contribution in [0.5, 0.6) is 0 Å². The fourth-order valence-corrected chi connectivity index (χ4v) is 2.62. The van der Waals surface area contributed by atoms with Gasteiger partial charge in [0, 0.05) is 37.2 Å². The van der Waals surface area contributed by atoms with Gasteiger partial charge in [-0.25, -0.2) is 4.39 Å². The van der Waals surface area contributed by atoms with Crippen LogP contribution >= 0.6 is 11.6 Å². The highest BCUT2D eigenvalue weighted by Gasteiger charge is 2.26. The van der Waals surface area contributed by atoms with Crippen LogP contribution in [0.1, 0.15) is 23.7 Å². The number of nitriles is 1. The van der Waals surface area contributed by atoms with E-state index in [4.69, 9.17) is 16.9 Å². The predicted molar refractivity (Wildman–Crippen MR) is 78.6 cm³/mol. The third-order valence-electron chi connectivity index (χ3n) is 3.77. The molecule has 0 saturated carbocycles. The molecule has 1 atom stereocenters. The van der Waals surface area contributed by atoms with E-state index in [0.717, 1.165) is 6.07 Å². The maximum Gasteiger partial charge on any atom is 0.256 e. The van der Waals surface area contributed by atoms with Crippen molar-refractivity contribution in [2.75, 3.05) is 26.2 Å². The zero-order valence-corrected chi connectivity index (χ0v) is 12.6. The summed E-state index contributed by atoms with van der Waals surface area (Å²) >= 11 is 5.69. The lowest BCUT2D eigenvalue weighted by molar-refractivity contribution is 0.0581. The summed E-state index contributed by atoms with van der Waals surface area (Å²) < 4.78 is 13.8. The highest BCUT2D eigenvalue weighted by molar-refractivity contribution is 6.30. The van der Waals surface area contributed by atoms with Crippen molar-refractivity contribution >= 4 is 17.5 Å². The molecule has 1 aliphatic heterocycles. The van der Waals surface area contributed by atoms with Crippen LogP contribution in [-0.2, 0) is 0 Å². The number of carbonyl (C=O) groups is 1. The Balaban J connectivity index is 1.99. The Hall–Kier alpha value is -1.64. The number of hydrogen-bond donors (Lipinski definition) is 0. The molecule has 0 spiro atoms. The summed E-state index contributed by atoms with van der Waals surface area (Å²) in [4.78, 5) is 16.1. The number of hydrogen-bond acceptors (Lipinski definition) is 3. The smallest absolute Gasteiger partial charge is 0.256 e. The van der Waals surface area contributed by atoms with Crippen molar-refractivity contribution in [1.29, 1.82) is 5.26 Å². The number of nitrogens with zero attached hydrogens (tertiary/aromatic N) is 3. The number of rotatable bonds is 3. The van der Waals surface area contributed by atoms with Gasteiger partial charge in [-0.2, -0.15) is 5.26 Å². The van der Waals surface area contributed by atoms with Gasteiger partial charge in [-0.15, -0.1) is 0 Å². The Morgan fingerprint density at radius 1 is 1.43 bits per heavy atom. The molecule has 1 aliphatic rings. The minimum absolute atomic E-state index is 0.0536. The van der Waals surface area contributed by atoms with E-state index in [-0.39, 0.29) is 22.5 Å². The lowest BCUT2D eigenvalue weighted by Crippen LogP contribution is -2.51. The Labute approximate surface area is 128 Å². The van der Waals surface area contributed by atoms with Crippen molar-refractivity contribution in [1.82, 2.24) is 9.80 Å². The number of benzene rings is 1. The summed E-state index contributed by atoms with van der Waals surface area (Å²) in [5.41, 5.74) is 0.0536. The molecule has 1 aromatic carbocycles. The molecule has 0 aliphatic carbocycles. The molecule has 0 radical (unpaired) electrons. The quantitative estimate of drug-likeness (QED) is 0.862. The molecule has 0 bridgehead atoms. The predicted octanol–water partition coefficient (Wildman–Crippen LogP) is 2.54. The van der Waals surface area contributed by atoms with Gasteiger partial charge in [0.25, 0.3) is 5.91 Å². The lowest BCUT2D eigenvalue weighted by atomic mass is 10.1. The Morgan fingerprint density at radius 2 is 2.10 bits per heavy atom. The van der Waals surface area contributed by atoms with Crippen LogP contribution in [0, 0.1) is 17.1 Å². The minimum atomic E-state index is -0.590. The second kappa shape index (κ2) is 6.88. The van der Waals surface area contributed by atoms with Gasteiger partial charge in [-0.3, -0.25) is 9.69 Å². The number of amides is 1. The molecule has 2 rings (SSSR count). The van der Waals surface area contributed by atoms with E-state index in [0.29, 0.717) is 32.6 Å². The summed E-state index contributed by atoms with van der Waals surface area (Å²) in [6.07, 6.45) is 0.472. The monoisotopic (exact) mass is 309 g/mol. The van der Waals surface area contributed by atoms with Crippen LogP contribution in [0.4, 0.5) is 4.39 Å². The highest BCUT2D eigenvalue weighted by Crippen LogP contribution is 2.18. The van der Waals surface area contributed by atoms with E-state index in [1.54, 1.807) is 4.90 Å². The van der Waals surface area contributed by atoms with Gasteiger partial charge in [0.1, 0.15) is 5.82 Å². The first kappa shape index (κ1) is 15.7. The molecule has 0 aromatic heterocycles. The van der Waals surface area contributed by atoms with Gasteiger partial charge >= 0.3 is 0 Å². The van der Waals surface area contributed by atoms with Crippen LogP contribution in [0.25, 0.3) is 0 Å². The average molecular weight is 310 g/mol. The molecule has 4 nitrogen and oxygen atoms in total. The summed E-state index contributed by atoms with van der Waals surface area (Å²) in [5.74, 6) is -0.899. The highest BCUT2D eigenvalue weighted by atomic mass is 35.5. The van der Waals surface area contributed by atoms with Gasteiger partial charge in [-0.05, 0) is 25.1 Å². The third kappa shape index (κ3) is 3.72. The van der Waals surface area contributed by atoms with Crippen molar-refractivity contribution in [3.05, 3.63) is 34.6 Å². The van der Waals surface area contributed by atoms with E-state index in [1.165, 1.54) is 12.1 Å². The standard InChI is InChI=1S/C15H17ClFN3O/c1-11(4-5-18)19-6-8-20(9-7-19)15(21)13-3-2-12(16)10-14(13)17/h2-3,10-11H,4,6-9H2,1H3. The van der Waals surface area contributed by atoms with Crippen LogP contribution in [-0.4, -0.2) is 47.9 Å². The Kier molecular flexibility index (Phi) is 5.16. The zero-order chi connectivity index (χ0) is 15.4. The largest absolute Gasteiger partial charge is 0.336 e. The summed E-state index contributed by atoms with van der Waals surface area (Å²) in [7, 11) is 0. The van der Waals surface area contributed by atoms with Crippen molar-refractivity contribution in [2.45, 2.75) is 19.4 Å². The molecule has 1 saturated heterocycles. The van der Waals surface area contributed by atoms with Crippen LogP contribution in [0.3, 0.4) is 0 Å². The molecule has 6 heteroatoms. The Bertz CT molecular complexity index is 565. The van der Waals surface area contributed by atoms with E-state index < -0.39 is 5.82 Å². The Morgan fingerprint density at radius 3 is 2.67 bits per heavy atom. The third-order valence-corrected chi connectivity index (χ3v) is 4.01. The topological polar surface area (TPSA) is 47.3 Å². The second-order valence-corrected chi connectivity index (χ2v) is 5.60. The van der Waals surface area contributed by atoms with Crippen molar-refractivity contribution in [3.63, 3.8) is 0 Å². The molecule has 21 heavy (non-hydrogen) atoms. The second-order valence-electron chi connectivity index (χ2n) is 5.16.